The van der Waals surface area contributed by atoms with Crippen molar-refractivity contribution in [2.45, 2.75) is 6.54 Å². The summed E-state index contributed by atoms with van der Waals surface area (Å²) in [5.41, 5.74) is 2.78. The van der Waals surface area contributed by atoms with E-state index in [0.29, 0.717) is 29.1 Å². The highest BCUT2D eigenvalue weighted by molar-refractivity contribution is 6.05. The van der Waals surface area contributed by atoms with Crippen LogP contribution in [0.4, 0.5) is 4.39 Å². The van der Waals surface area contributed by atoms with E-state index in [9.17, 15) is 9.18 Å². The number of hydrogen-bond donors (Lipinski definition) is 1. The predicted octanol–water partition coefficient (Wildman–Crippen LogP) is 4.05. The number of carbonyl (C=O) groups is 1. The van der Waals surface area contributed by atoms with Crippen LogP contribution < -0.4 is 10.1 Å². The van der Waals surface area contributed by atoms with Gasteiger partial charge in [-0.05, 0) is 36.4 Å². The van der Waals surface area contributed by atoms with Gasteiger partial charge in [-0.25, -0.2) is 4.39 Å². The Kier molecular flexibility index (Phi) is 4.61. The lowest BCUT2D eigenvalue weighted by Gasteiger charge is -2.12. The second kappa shape index (κ2) is 7.23. The third kappa shape index (κ3) is 3.03. The first-order valence-corrected chi connectivity index (χ1v) is 8.91. The summed E-state index contributed by atoms with van der Waals surface area (Å²) in [7, 11) is 3.41. The average Bonchev–Trinajstić information content (AvgIpc) is 3.32. The van der Waals surface area contributed by atoms with Crippen molar-refractivity contribution in [3.8, 4) is 11.4 Å². The topological polar surface area (TPSA) is 48.2 Å². The van der Waals surface area contributed by atoms with Crippen LogP contribution in [-0.4, -0.2) is 22.2 Å². The molecule has 0 saturated heterocycles. The molecule has 5 nitrogen and oxygen atoms in total. The SMILES string of the molecule is COc1ccccc1CNC(=O)c1c(-n2cccc2)c2cc(F)ccc2n1C. The molecule has 4 rings (SSSR count). The number of nitrogens with one attached hydrogen (secondary N) is 1. The van der Waals surface area contributed by atoms with E-state index in [1.165, 1.54) is 12.1 Å². The van der Waals surface area contributed by atoms with Gasteiger partial charge in [-0.1, -0.05) is 18.2 Å². The molecule has 0 aliphatic heterocycles. The number of aryl methyl sites for hydroxylation is 1. The molecule has 4 aromatic rings. The highest BCUT2D eigenvalue weighted by atomic mass is 19.1. The lowest BCUT2D eigenvalue weighted by atomic mass is 10.2. The van der Waals surface area contributed by atoms with Crippen LogP contribution in [-0.2, 0) is 13.6 Å². The van der Waals surface area contributed by atoms with Crippen LogP contribution in [0, 0.1) is 5.82 Å². The van der Waals surface area contributed by atoms with Crippen LogP contribution in [0.5, 0.6) is 5.75 Å². The number of methoxy groups -OCH3 is 1. The predicted molar refractivity (Wildman–Crippen MR) is 106 cm³/mol. The number of nitrogens with zero attached hydrogens (tertiary/aromatic N) is 2. The highest BCUT2D eigenvalue weighted by Gasteiger charge is 2.22. The summed E-state index contributed by atoms with van der Waals surface area (Å²) in [6.45, 7) is 0.323. The summed E-state index contributed by atoms with van der Waals surface area (Å²) in [5.74, 6) is 0.133. The quantitative estimate of drug-likeness (QED) is 0.570. The van der Waals surface area contributed by atoms with Crippen molar-refractivity contribution in [2.75, 3.05) is 7.11 Å². The molecule has 2 heterocycles. The molecule has 2 aromatic carbocycles. The number of hydrogen-bond acceptors (Lipinski definition) is 2. The molecule has 0 saturated carbocycles. The van der Waals surface area contributed by atoms with E-state index < -0.39 is 0 Å². The molecule has 0 bridgehead atoms. The fourth-order valence-electron chi connectivity index (χ4n) is 3.51. The Balaban J connectivity index is 1.76. The van der Waals surface area contributed by atoms with E-state index >= 15 is 0 Å². The van der Waals surface area contributed by atoms with Crippen LogP contribution >= 0.6 is 0 Å². The van der Waals surface area contributed by atoms with Crippen molar-refractivity contribution in [1.82, 2.24) is 14.5 Å². The van der Waals surface area contributed by atoms with Crippen molar-refractivity contribution in [1.29, 1.82) is 0 Å². The van der Waals surface area contributed by atoms with Crippen LogP contribution in [0.25, 0.3) is 16.6 Å². The number of benzene rings is 2. The fraction of sp³-hybridized carbons (Fsp3) is 0.136. The second-order valence-electron chi connectivity index (χ2n) is 6.50. The van der Waals surface area contributed by atoms with E-state index in [1.807, 2.05) is 60.4 Å². The van der Waals surface area contributed by atoms with E-state index in [2.05, 4.69) is 5.32 Å². The minimum atomic E-state index is -0.340. The maximum Gasteiger partial charge on any atom is 0.270 e. The molecule has 1 amide bonds. The molecule has 142 valence electrons. The lowest BCUT2D eigenvalue weighted by molar-refractivity contribution is 0.0943. The summed E-state index contributed by atoms with van der Waals surface area (Å²) < 4.78 is 22.9. The normalized spacial score (nSPS) is 11.0. The van der Waals surface area contributed by atoms with Crippen LogP contribution in [0.15, 0.2) is 67.0 Å². The van der Waals surface area contributed by atoms with E-state index in [-0.39, 0.29) is 11.7 Å². The van der Waals surface area contributed by atoms with Gasteiger partial charge in [0.05, 0.1) is 18.3 Å². The van der Waals surface area contributed by atoms with Crippen molar-refractivity contribution >= 4 is 16.8 Å². The number of aromatic nitrogens is 2. The number of amides is 1. The largest absolute Gasteiger partial charge is 0.496 e. The second-order valence-corrected chi connectivity index (χ2v) is 6.50. The first kappa shape index (κ1) is 17.9. The lowest BCUT2D eigenvalue weighted by Crippen LogP contribution is -2.26. The Morgan fingerprint density at radius 3 is 2.61 bits per heavy atom. The van der Waals surface area contributed by atoms with E-state index in [4.69, 9.17) is 4.74 Å². The van der Waals surface area contributed by atoms with Gasteiger partial charge in [0.25, 0.3) is 5.91 Å². The summed E-state index contributed by atoms with van der Waals surface area (Å²) >= 11 is 0. The zero-order chi connectivity index (χ0) is 19.7. The van der Waals surface area contributed by atoms with Crippen molar-refractivity contribution < 1.29 is 13.9 Å². The van der Waals surface area contributed by atoms with Crippen LogP contribution in [0.3, 0.4) is 0 Å². The zero-order valence-corrected chi connectivity index (χ0v) is 15.6. The number of fused-ring (bicyclic) bond motifs is 1. The number of para-hydroxylation sites is 1. The van der Waals surface area contributed by atoms with Crippen molar-refractivity contribution in [2.24, 2.45) is 7.05 Å². The molecule has 0 fully saturated rings. The number of ether oxygens (including phenoxy) is 1. The first-order chi connectivity index (χ1) is 13.6. The Hall–Kier alpha value is -3.54. The van der Waals surface area contributed by atoms with Crippen molar-refractivity contribution in [3.05, 3.63) is 84.1 Å². The Bertz CT molecular complexity index is 1150. The number of carbonyl (C=O) groups excluding carboxylic acids is 1. The summed E-state index contributed by atoms with van der Waals surface area (Å²) in [4.78, 5) is 13.1. The summed E-state index contributed by atoms with van der Waals surface area (Å²) in [5, 5.41) is 3.64. The first-order valence-electron chi connectivity index (χ1n) is 8.91. The molecule has 0 spiro atoms. The maximum absolute atomic E-state index is 13.9. The van der Waals surface area contributed by atoms with Gasteiger partial charge in [0.2, 0.25) is 0 Å². The van der Waals surface area contributed by atoms with Crippen LogP contribution in [0.1, 0.15) is 16.1 Å². The molecule has 0 atom stereocenters. The van der Waals surface area contributed by atoms with Gasteiger partial charge < -0.3 is 19.2 Å². The molecule has 28 heavy (non-hydrogen) atoms. The molecule has 2 aromatic heterocycles. The third-order valence-electron chi connectivity index (χ3n) is 4.84. The van der Waals surface area contributed by atoms with Crippen molar-refractivity contribution in [3.63, 3.8) is 0 Å². The fourth-order valence-corrected chi connectivity index (χ4v) is 3.51. The smallest absolute Gasteiger partial charge is 0.270 e. The van der Waals surface area contributed by atoms with Gasteiger partial charge in [-0.2, -0.15) is 0 Å². The molecular weight excluding hydrogens is 357 g/mol. The highest BCUT2D eigenvalue weighted by Crippen LogP contribution is 2.30. The van der Waals surface area contributed by atoms with Gasteiger partial charge in [0, 0.05) is 36.9 Å². The Labute approximate surface area is 162 Å². The van der Waals surface area contributed by atoms with E-state index in [0.717, 1.165) is 11.1 Å². The van der Waals surface area contributed by atoms with Gasteiger partial charge in [0.15, 0.2) is 0 Å². The molecule has 6 heteroatoms. The standard InChI is InChI=1S/C22H20FN3O2/c1-25-18-10-9-16(23)13-17(18)20(26-11-5-6-12-26)21(25)22(27)24-14-15-7-3-4-8-19(15)28-2/h3-13H,14H2,1-2H3,(H,24,27). The third-order valence-corrected chi connectivity index (χ3v) is 4.84. The van der Waals surface area contributed by atoms with Gasteiger partial charge in [-0.15, -0.1) is 0 Å². The molecule has 1 N–H and O–H groups in total. The minimum Gasteiger partial charge on any atom is -0.496 e. The van der Waals surface area contributed by atoms with Gasteiger partial charge in [-0.3, -0.25) is 4.79 Å². The molecule has 0 aliphatic carbocycles. The Morgan fingerprint density at radius 2 is 1.86 bits per heavy atom. The zero-order valence-electron chi connectivity index (χ0n) is 15.6. The number of halogens is 1. The summed E-state index contributed by atoms with van der Waals surface area (Å²) in [6, 6.07) is 15.8. The Morgan fingerprint density at radius 1 is 1.11 bits per heavy atom. The van der Waals surface area contributed by atoms with Crippen LogP contribution in [0.2, 0.25) is 0 Å². The maximum atomic E-state index is 13.9. The van der Waals surface area contributed by atoms with E-state index in [1.54, 1.807) is 17.7 Å². The monoisotopic (exact) mass is 377 g/mol. The number of rotatable bonds is 5. The summed E-state index contributed by atoms with van der Waals surface area (Å²) in [6.07, 6.45) is 3.69. The molecular formula is C22H20FN3O2. The average molecular weight is 377 g/mol. The van der Waals surface area contributed by atoms with Gasteiger partial charge in [0.1, 0.15) is 17.3 Å². The van der Waals surface area contributed by atoms with Gasteiger partial charge >= 0.3 is 0 Å². The molecule has 0 unspecified atom stereocenters. The molecule has 0 aliphatic rings. The minimum absolute atomic E-state index is 0.242. The molecule has 0 radical (unpaired) electrons.